The molecule has 2 N–H and O–H groups in total. The Morgan fingerprint density at radius 1 is 1.27 bits per heavy atom. The van der Waals surface area contributed by atoms with Gasteiger partial charge < -0.3 is 10.4 Å². The van der Waals surface area contributed by atoms with Crippen LogP contribution in [0.5, 0.6) is 0 Å². The van der Waals surface area contributed by atoms with Gasteiger partial charge in [0.05, 0.1) is 0 Å². The van der Waals surface area contributed by atoms with E-state index in [1.165, 1.54) is 6.92 Å². The molecule has 1 amide bonds. The molecule has 1 aromatic rings. The highest BCUT2D eigenvalue weighted by Crippen LogP contribution is 1.96. The lowest BCUT2D eigenvalue weighted by Crippen LogP contribution is -2.18. The largest absolute Gasteiger partial charge is 0.400 e. The molecule has 3 heteroatoms. The average Bonchev–Trinajstić information content (AvgIpc) is 2.33. The fraction of sp³-hybridized carbons (Fsp3) is 0.250. The van der Waals surface area contributed by atoms with E-state index in [2.05, 4.69) is 18.2 Å². The van der Waals surface area contributed by atoms with Gasteiger partial charge in [0.2, 0.25) is 5.91 Å². The van der Waals surface area contributed by atoms with Gasteiger partial charge in [0, 0.05) is 20.6 Å². The summed E-state index contributed by atoms with van der Waals surface area (Å²) in [5.74, 6) is 0.00820. The maximum absolute atomic E-state index is 10.5. The van der Waals surface area contributed by atoms with E-state index < -0.39 is 0 Å². The Labute approximate surface area is 91.1 Å². The lowest BCUT2D eigenvalue weighted by atomic mass is 10.2. The normalized spacial score (nSPS) is 7.27. The van der Waals surface area contributed by atoms with Crippen LogP contribution >= 0.6 is 0 Å². The zero-order valence-electron chi connectivity index (χ0n) is 9.10. The van der Waals surface area contributed by atoms with E-state index >= 15 is 0 Å². The average molecular weight is 207 g/mol. The third-order valence-electron chi connectivity index (χ3n) is 1.38. The van der Waals surface area contributed by atoms with Crippen LogP contribution in [0.4, 0.5) is 0 Å². The Morgan fingerprint density at radius 3 is 2.13 bits per heavy atom. The molecule has 1 rings (SSSR count). The molecule has 0 heterocycles. The minimum Gasteiger partial charge on any atom is -0.400 e. The first-order chi connectivity index (χ1) is 7.29. The Kier molecular flexibility index (Phi) is 12.8. The number of carbonyl (C=O) groups excluding carboxylic acids is 1. The Hall–Kier alpha value is -1.79. The summed E-state index contributed by atoms with van der Waals surface area (Å²) in [5.41, 5.74) is 1.13. The zero-order chi connectivity index (χ0) is 12.1. The standard InChI is InChI=1S/C9H11NO.C2H2.CH4O/c1-8(11)10-7-9-5-3-2-4-6-9;2*1-2/h2-6H,7H2,1H3,(H,10,11);1-2H;2H,1H3. The second-order valence-corrected chi connectivity index (χ2v) is 2.40. The minimum absolute atomic E-state index is 0.00820. The molecule has 0 aliphatic heterocycles. The van der Waals surface area contributed by atoms with E-state index in [9.17, 15) is 4.79 Å². The first-order valence-corrected chi connectivity index (χ1v) is 4.35. The third-order valence-corrected chi connectivity index (χ3v) is 1.38. The van der Waals surface area contributed by atoms with E-state index in [0.717, 1.165) is 12.7 Å². The van der Waals surface area contributed by atoms with Crippen LogP contribution in [0, 0.1) is 12.8 Å². The van der Waals surface area contributed by atoms with Crippen molar-refractivity contribution in [3.63, 3.8) is 0 Å². The van der Waals surface area contributed by atoms with E-state index in [4.69, 9.17) is 5.11 Å². The summed E-state index contributed by atoms with van der Waals surface area (Å²) in [7, 11) is 1.00. The minimum atomic E-state index is 0.00820. The lowest BCUT2D eigenvalue weighted by molar-refractivity contribution is -0.119. The number of aliphatic hydroxyl groups is 1. The second-order valence-electron chi connectivity index (χ2n) is 2.40. The quantitative estimate of drug-likeness (QED) is 0.715. The van der Waals surface area contributed by atoms with E-state index in [-0.39, 0.29) is 5.91 Å². The van der Waals surface area contributed by atoms with Gasteiger partial charge >= 0.3 is 0 Å². The van der Waals surface area contributed by atoms with Crippen molar-refractivity contribution < 1.29 is 9.90 Å². The second kappa shape index (κ2) is 12.2. The smallest absolute Gasteiger partial charge is 0.217 e. The molecule has 0 aliphatic rings. The van der Waals surface area contributed by atoms with Crippen molar-refractivity contribution >= 4 is 5.91 Å². The van der Waals surface area contributed by atoms with Crippen LogP contribution in [-0.4, -0.2) is 18.1 Å². The lowest BCUT2D eigenvalue weighted by Gasteiger charge is -2.00. The fourth-order valence-electron chi connectivity index (χ4n) is 0.822. The highest BCUT2D eigenvalue weighted by Gasteiger charge is 1.91. The van der Waals surface area contributed by atoms with E-state index in [1.807, 2.05) is 30.3 Å². The molecule has 0 saturated heterocycles. The number of aliphatic hydroxyl groups excluding tert-OH is 1. The number of benzene rings is 1. The molecule has 0 aliphatic carbocycles. The molecule has 1 aromatic carbocycles. The van der Waals surface area contributed by atoms with Gasteiger partial charge in [0.1, 0.15) is 0 Å². The molecule has 82 valence electrons. The van der Waals surface area contributed by atoms with Crippen molar-refractivity contribution in [2.45, 2.75) is 13.5 Å². The van der Waals surface area contributed by atoms with Crippen LogP contribution in [0.2, 0.25) is 0 Å². The van der Waals surface area contributed by atoms with E-state index in [1.54, 1.807) is 0 Å². The van der Waals surface area contributed by atoms with Crippen LogP contribution in [0.15, 0.2) is 30.3 Å². The number of hydrogen-bond donors (Lipinski definition) is 2. The number of hydrogen-bond acceptors (Lipinski definition) is 2. The van der Waals surface area contributed by atoms with Crippen molar-refractivity contribution in [1.82, 2.24) is 5.32 Å². The Bertz CT molecular complexity index is 267. The van der Waals surface area contributed by atoms with Gasteiger partial charge in [0.25, 0.3) is 0 Å². The highest BCUT2D eigenvalue weighted by molar-refractivity contribution is 5.72. The number of rotatable bonds is 2. The van der Waals surface area contributed by atoms with Crippen LogP contribution in [0.1, 0.15) is 12.5 Å². The summed E-state index contributed by atoms with van der Waals surface area (Å²) < 4.78 is 0. The van der Waals surface area contributed by atoms with Crippen molar-refractivity contribution in [3.05, 3.63) is 35.9 Å². The number of terminal acetylenes is 1. The fourth-order valence-corrected chi connectivity index (χ4v) is 0.822. The van der Waals surface area contributed by atoms with Gasteiger partial charge in [-0.1, -0.05) is 30.3 Å². The van der Waals surface area contributed by atoms with Crippen LogP contribution in [0.25, 0.3) is 0 Å². The van der Waals surface area contributed by atoms with Crippen molar-refractivity contribution in [2.75, 3.05) is 7.11 Å². The van der Waals surface area contributed by atoms with Crippen molar-refractivity contribution in [2.24, 2.45) is 0 Å². The molecule has 0 spiro atoms. The third kappa shape index (κ3) is 10.1. The van der Waals surface area contributed by atoms with Gasteiger partial charge in [-0.3, -0.25) is 4.79 Å². The predicted molar refractivity (Wildman–Crippen MR) is 62.0 cm³/mol. The predicted octanol–water partition coefficient (Wildman–Crippen LogP) is 1.18. The Balaban J connectivity index is 0. The molecular formula is C12H17NO2. The molecule has 0 bridgehead atoms. The summed E-state index contributed by atoms with van der Waals surface area (Å²) in [6, 6.07) is 9.83. The monoisotopic (exact) mass is 207 g/mol. The number of amides is 1. The van der Waals surface area contributed by atoms with Gasteiger partial charge in [-0.2, -0.15) is 0 Å². The summed E-state index contributed by atoms with van der Waals surface area (Å²) in [6.07, 6.45) is 8.00. The summed E-state index contributed by atoms with van der Waals surface area (Å²) in [6.45, 7) is 2.14. The van der Waals surface area contributed by atoms with Crippen molar-refractivity contribution in [1.29, 1.82) is 0 Å². The van der Waals surface area contributed by atoms with Gasteiger partial charge in [-0.25, -0.2) is 0 Å². The SMILES string of the molecule is C#C.CC(=O)NCc1ccccc1.CO. The van der Waals surface area contributed by atoms with Gasteiger partial charge in [-0.05, 0) is 5.56 Å². The van der Waals surface area contributed by atoms with Gasteiger partial charge in [-0.15, -0.1) is 12.8 Å². The zero-order valence-corrected chi connectivity index (χ0v) is 9.10. The first-order valence-electron chi connectivity index (χ1n) is 4.35. The van der Waals surface area contributed by atoms with Crippen LogP contribution in [-0.2, 0) is 11.3 Å². The van der Waals surface area contributed by atoms with E-state index in [0.29, 0.717) is 6.54 Å². The molecule has 0 aromatic heterocycles. The van der Waals surface area contributed by atoms with Crippen LogP contribution < -0.4 is 5.32 Å². The maximum atomic E-state index is 10.5. The van der Waals surface area contributed by atoms with Gasteiger partial charge in [0.15, 0.2) is 0 Å². The highest BCUT2D eigenvalue weighted by atomic mass is 16.2. The topological polar surface area (TPSA) is 49.3 Å². The summed E-state index contributed by atoms with van der Waals surface area (Å²) in [4.78, 5) is 10.5. The van der Waals surface area contributed by atoms with Crippen LogP contribution in [0.3, 0.4) is 0 Å². The molecule has 15 heavy (non-hydrogen) atoms. The molecule has 0 atom stereocenters. The molecule has 0 saturated carbocycles. The molecule has 3 nitrogen and oxygen atoms in total. The molecular weight excluding hydrogens is 190 g/mol. The number of nitrogens with one attached hydrogen (secondary N) is 1. The Morgan fingerprint density at radius 2 is 1.73 bits per heavy atom. The number of carbonyl (C=O) groups is 1. The van der Waals surface area contributed by atoms with Crippen molar-refractivity contribution in [3.8, 4) is 12.8 Å². The maximum Gasteiger partial charge on any atom is 0.217 e. The molecule has 0 unspecified atom stereocenters. The summed E-state index contributed by atoms with van der Waals surface area (Å²) >= 11 is 0. The first kappa shape index (κ1) is 15.7. The molecule has 0 fully saturated rings. The summed E-state index contributed by atoms with van der Waals surface area (Å²) in [5, 5.41) is 9.72. The molecule has 0 radical (unpaired) electrons.